The number of pyridine rings is 1. The SMILES string of the molecule is CC(C)(C)[Si](C)(C)Oc1ccc2cc(-c3ccc(Br)cn3)ccc2c1. The minimum atomic E-state index is -1.82. The van der Waals surface area contributed by atoms with Crippen molar-refractivity contribution in [1.29, 1.82) is 0 Å². The Balaban J connectivity index is 1.92. The quantitative estimate of drug-likeness (QED) is 0.429. The first-order chi connectivity index (χ1) is 11.7. The lowest BCUT2D eigenvalue weighted by molar-refractivity contribution is 0.493. The Bertz CT molecular complexity index is 898. The number of aromatic nitrogens is 1. The minimum Gasteiger partial charge on any atom is -0.543 e. The molecule has 0 saturated carbocycles. The van der Waals surface area contributed by atoms with E-state index < -0.39 is 8.32 Å². The van der Waals surface area contributed by atoms with Crippen molar-refractivity contribution >= 4 is 35.0 Å². The van der Waals surface area contributed by atoms with Gasteiger partial charge in [0.25, 0.3) is 0 Å². The maximum Gasteiger partial charge on any atom is 0.250 e. The van der Waals surface area contributed by atoms with Gasteiger partial charge in [-0.25, -0.2) is 0 Å². The van der Waals surface area contributed by atoms with Crippen LogP contribution < -0.4 is 4.43 Å². The molecule has 0 radical (unpaired) electrons. The zero-order valence-electron chi connectivity index (χ0n) is 15.4. The highest BCUT2D eigenvalue weighted by Gasteiger charge is 2.38. The molecule has 2 aromatic carbocycles. The summed E-state index contributed by atoms with van der Waals surface area (Å²) in [6, 6.07) is 16.9. The second-order valence-electron chi connectivity index (χ2n) is 7.95. The van der Waals surface area contributed by atoms with Crippen LogP contribution in [-0.2, 0) is 0 Å². The van der Waals surface area contributed by atoms with Gasteiger partial charge in [-0.05, 0) is 75.2 Å². The van der Waals surface area contributed by atoms with E-state index >= 15 is 0 Å². The van der Waals surface area contributed by atoms with Crippen LogP contribution in [0.25, 0.3) is 22.0 Å². The molecule has 0 bridgehead atoms. The van der Waals surface area contributed by atoms with Gasteiger partial charge < -0.3 is 4.43 Å². The minimum absolute atomic E-state index is 0.194. The van der Waals surface area contributed by atoms with Crippen LogP contribution in [0.1, 0.15) is 20.8 Å². The van der Waals surface area contributed by atoms with Crippen molar-refractivity contribution in [3.63, 3.8) is 0 Å². The Morgan fingerprint density at radius 3 is 2.24 bits per heavy atom. The first kappa shape index (κ1) is 18.1. The second-order valence-corrected chi connectivity index (χ2v) is 13.6. The lowest BCUT2D eigenvalue weighted by Gasteiger charge is -2.36. The topological polar surface area (TPSA) is 22.1 Å². The molecule has 2 nitrogen and oxygen atoms in total. The first-order valence-electron chi connectivity index (χ1n) is 8.50. The zero-order chi connectivity index (χ0) is 18.2. The van der Waals surface area contributed by atoms with Gasteiger partial charge >= 0.3 is 0 Å². The van der Waals surface area contributed by atoms with E-state index in [0.29, 0.717) is 0 Å². The second kappa shape index (κ2) is 6.58. The summed E-state index contributed by atoms with van der Waals surface area (Å²) in [6.07, 6.45) is 1.83. The van der Waals surface area contributed by atoms with Gasteiger partial charge in [0, 0.05) is 16.2 Å². The molecule has 0 aliphatic heterocycles. The highest BCUT2D eigenvalue weighted by Crippen LogP contribution is 2.38. The predicted molar refractivity (Wildman–Crippen MR) is 113 cm³/mol. The molecule has 0 spiro atoms. The third kappa shape index (κ3) is 3.96. The average Bonchev–Trinajstić information content (AvgIpc) is 2.54. The van der Waals surface area contributed by atoms with Crippen molar-refractivity contribution in [2.24, 2.45) is 0 Å². The van der Waals surface area contributed by atoms with Crippen LogP contribution in [0, 0.1) is 0 Å². The van der Waals surface area contributed by atoms with Crippen LogP contribution in [-0.4, -0.2) is 13.3 Å². The summed E-state index contributed by atoms with van der Waals surface area (Å²) in [5.41, 5.74) is 2.10. The summed E-state index contributed by atoms with van der Waals surface area (Å²) < 4.78 is 7.41. The standard InChI is InChI=1S/C21H24BrNOSi/c1-21(2,3)25(4,5)24-19-10-8-15-12-17(7-6-16(15)13-19)20-11-9-18(22)14-23-20/h6-14H,1-5H3. The first-order valence-corrected chi connectivity index (χ1v) is 12.2. The van der Waals surface area contributed by atoms with Crippen LogP contribution in [0.2, 0.25) is 18.1 Å². The Kier molecular flexibility index (Phi) is 4.77. The monoisotopic (exact) mass is 413 g/mol. The molecule has 3 rings (SSSR count). The van der Waals surface area contributed by atoms with Gasteiger partial charge in [0.2, 0.25) is 8.32 Å². The Morgan fingerprint density at radius 2 is 1.60 bits per heavy atom. The molecule has 0 aliphatic carbocycles. The maximum atomic E-state index is 6.42. The van der Waals surface area contributed by atoms with Crippen molar-refractivity contribution in [2.75, 3.05) is 0 Å². The highest BCUT2D eigenvalue weighted by molar-refractivity contribution is 9.10. The van der Waals surface area contributed by atoms with E-state index in [4.69, 9.17) is 4.43 Å². The van der Waals surface area contributed by atoms with Gasteiger partial charge in [0.1, 0.15) is 5.75 Å². The lowest BCUT2D eigenvalue weighted by Crippen LogP contribution is -2.43. The molecule has 0 aliphatic rings. The van der Waals surface area contributed by atoms with Crippen LogP contribution >= 0.6 is 15.9 Å². The molecular formula is C21H24BrNOSi. The maximum absolute atomic E-state index is 6.42. The largest absolute Gasteiger partial charge is 0.543 e. The van der Waals surface area contributed by atoms with Crippen molar-refractivity contribution < 1.29 is 4.43 Å². The summed E-state index contributed by atoms with van der Waals surface area (Å²) in [7, 11) is -1.82. The number of halogens is 1. The third-order valence-electron chi connectivity index (χ3n) is 5.01. The molecule has 0 atom stereocenters. The Morgan fingerprint density at radius 1 is 0.920 bits per heavy atom. The molecule has 0 unspecified atom stereocenters. The summed E-state index contributed by atoms with van der Waals surface area (Å²) >= 11 is 3.43. The van der Waals surface area contributed by atoms with Gasteiger partial charge in [-0.15, -0.1) is 0 Å². The van der Waals surface area contributed by atoms with E-state index in [1.807, 2.05) is 18.3 Å². The summed E-state index contributed by atoms with van der Waals surface area (Å²) in [4.78, 5) is 4.48. The van der Waals surface area contributed by atoms with Gasteiger partial charge in [0.15, 0.2) is 0 Å². The molecule has 1 heterocycles. The van der Waals surface area contributed by atoms with E-state index in [1.54, 1.807) is 0 Å². The van der Waals surface area contributed by atoms with Gasteiger partial charge in [0.05, 0.1) is 5.69 Å². The fourth-order valence-corrected chi connectivity index (χ4v) is 3.70. The van der Waals surface area contributed by atoms with Crippen LogP contribution in [0.5, 0.6) is 5.75 Å². The smallest absolute Gasteiger partial charge is 0.250 e. The van der Waals surface area contributed by atoms with E-state index in [1.165, 1.54) is 10.8 Å². The summed E-state index contributed by atoms with van der Waals surface area (Å²) in [5.74, 6) is 0.966. The number of hydrogen-bond acceptors (Lipinski definition) is 2. The molecule has 3 aromatic rings. The average molecular weight is 414 g/mol. The molecular weight excluding hydrogens is 390 g/mol. The molecule has 0 saturated heterocycles. The number of nitrogens with zero attached hydrogens (tertiary/aromatic N) is 1. The number of fused-ring (bicyclic) bond motifs is 1. The van der Waals surface area contributed by atoms with Gasteiger partial charge in [-0.3, -0.25) is 4.98 Å². The fraction of sp³-hybridized carbons (Fsp3) is 0.286. The van der Waals surface area contributed by atoms with E-state index in [9.17, 15) is 0 Å². The van der Waals surface area contributed by atoms with Crippen LogP contribution in [0.4, 0.5) is 0 Å². The number of hydrogen-bond donors (Lipinski definition) is 0. The van der Waals surface area contributed by atoms with E-state index in [-0.39, 0.29) is 5.04 Å². The number of rotatable bonds is 3. The van der Waals surface area contributed by atoms with E-state index in [0.717, 1.165) is 21.5 Å². The fourth-order valence-electron chi connectivity index (χ4n) is 2.44. The van der Waals surface area contributed by atoms with Crippen LogP contribution in [0.3, 0.4) is 0 Å². The molecule has 0 N–H and O–H groups in total. The van der Waals surface area contributed by atoms with Gasteiger partial charge in [-0.1, -0.05) is 39.0 Å². The van der Waals surface area contributed by atoms with Crippen molar-refractivity contribution in [2.45, 2.75) is 38.9 Å². The normalized spacial score (nSPS) is 12.4. The lowest BCUT2D eigenvalue weighted by atomic mass is 10.0. The molecule has 25 heavy (non-hydrogen) atoms. The molecule has 1 aromatic heterocycles. The zero-order valence-corrected chi connectivity index (χ0v) is 18.0. The summed E-state index contributed by atoms with van der Waals surface area (Å²) in [5, 5.41) is 2.58. The molecule has 4 heteroatoms. The Labute approximate surface area is 159 Å². The number of benzene rings is 2. The van der Waals surface area contributed by atoms with Crippen molar-refractivity contribution in [3.05, 3.63) is 59.2 Å². The molecule has 0 fully saturated rings. The predicted octanol–water partition coefficient (Wildman–Crippen LogP) is 7.05. The Hall–Kier alpha value is -1.65. The van der Waals surface area contributed by atoms with Crippen LogP contribution in [0.15, 0.2) is 59.2 Å². The van der Waals surface area contributed by atoms with Crippen molar-refractivity contribution in [3.8, 4) is 17.0 Å². The third-order valence-corrected chi connectivity index (χ3v) is 9.84. The van der Waals surface area contributed by atoms with Gasteiger partial charge in [-0.2, -0.15) is 0 Å². The van der Waals surface area contributed by atoms with Crippen molar-refractivity contribution in [1.82, 2.24) is 4.98 Å². The summed E-state index contributed by atoms with van der Waals surface area (Å²) in [6.45, 7) is 11.3. The molecule has 130 valence electrons. The highest BCUT2D eigenvalue weighted by atomic mass is 79.9. The van der Waals surface area contributed by atoms with E-state index in [2.05, 4.69) is 91.2 Å². The molecule has 0 amide bonds.